The third-order valence-electron chi connectivity index (χ3n) is 5.91. The van der Waals surface area contributed by atoms with Gasteiger partial charge in [-0.1, -0.05) is 32.8 Å². The maximum absolute atomic E-state index is 3.36. The first-order valence-electron chi connectivity index (χ1n) is 11.0. The smallest absolute Gasteiger partial charge is 0.0809 e. The average molecular weight is 450 g/mol. The van der Waals surface area contributed by atoms with E-state index >= 15 is 0 Å². The second-order valence-corrected chi connectivity index (χ2v) is 8.84. The van der Waals surface area contributed by atoms with Crippen LogP contribution in [0.25, 0.3) is 10.8 Å². The first-order chi connectivity index (χ1) is 15.5. The Morgan fingerprint density at radius 3 is 1.72 bits per heavy atom. The van der Waals surface area contributed by atoms with Crippen molar-refractivity contribution >= 4 is 14.6 Å². The summed E-state index contributed by atoms with van der Waals surface area (Å²) in [6, 6.07) is 35.6. The molecule has 4 aromatic rings. The summed E-state index contributed by atoms with van der Waals surface area (Å²) in [5.41, 5.74) is 6.83. The van der Waals surface area contributed by atoms with Crippen LogP contribution in [0.5, 0.6) is 0 Å². The fourth-order valence-electron chi connectivity index (χ4n) is 3.61. The quantitative estimate of drug-likeness (QED) is 0.214. The summed E-state index contributed by atoms with van der Waals surface area (Å²) in [5.74, 6) is 0.560. The minimum absolute atomic E-state index is 0.560. The minimum atomic E-state index is 0.560. The number of allylic oxidation sites excluding steroid dienone is 4. The van der Waals surface area contributed by atoms with Crippen molar-refractivity contribution in [3.05, 3.63) is 137 Å². The molecule has 4 aromatic carbocycles. The largest absolute Gasteiger partial charge is 0.168 e. The molecule has 0 bridgehead atoms. The number of hydrogen-bond acceptors (Lipinski definition) is 0. The van der Waals surface area contributed by atoms with Gasteiger partial charge in [-0.15, -0.1) is 36.6 Å². The Morgan fingerprint density at radius 2 is 1.28 bits per heavy atom. The van der Waals surface area contributed by atoms with E-state index in [1.807, 2.05) is 12.1 Å². The molecule has 0 fully saturated rings. The Bertz CT molecular complexity index is 1140. The number of rotatable bonds is 2. The summed E-state index contributed by atoms with van der Waals surface area (Å²) in [4.78, 5) is 0. The average Bonchev–Trinajstić information content (AvgIpc) is 3.41. The Labute approximate surface area is 204 Å². The van der Waals surface area contributed by atoms with E-state index in [1.54, 1.807) is 0 Å². The standard InChI is InChI=1S/C13H10.C9H7.C9H13.Ti/c1-3-7-12(8-4-1)11-13-9-5-2-6-10-13;1-2-5-9-7-3-6-8(9)4-1;1-6-5-7(2)9(4)8(6)3;/h1-10H;1-7H;6H,1-4H3;/q;2*-1;+2. The fraction of sp³-hybridized carbons (Fsp3) is 0.161. The molecule has 0 aliphatic heterocycles. The maximum Gasteiger partial charge on any atom is -0.0809 e. The predicted molar refractivity (Wildman–Crippen MR) is 136 cm³/mol. The second kappa shape index (κ2) is 11.8. The molecule has 0 heterocycles. The molecule has 0 nitrogen and oxygen atoms in total. The first-order valence-corrected chi connectivity index (χ1v) is 11.8. The van der Waals surface area contributed by atoms with Gasteiger partial charge in [0.05, 0.1) is 0 Å². The fourth-order valence-corrected chi connectivity index (χ4v) is 4.13. The molecule has 158 valence electrons. The maximum atomic E-state index is 3.36. The zero-order chi connectivity index (χ0) is 22.9. The van der Waals surface area contributed by atoms with Crippen LogP contribution in [-0.2, 0) is 20.0 Å². The molecule has 0 radical (unpaired) electrons. The summed E-state index contributed by atoms with van der Waals surface area (Å²) in [6.45, 7) is 8.67. The monoisotopic (exact) mass is 450 g/mol. The van der Waals surface area contributed by atoms with Crippen molar-refractivity contribution in [2.75, 3.05) is 0 Å². The molecule has 0 amide bonds. The van der Waals surface area contributed by atoms with Gasteiger partial charge in [-0.2, -0.15) is 28.7 Å². The van der Waals surface area contributed by atoms with E-state index in [-0.39, 0.29) is 0 Å². The Balaban J connectivity index is 0.000000141. The van der Waals surface area contributed by atoms with Crippen LogP contribution in [0.15, 0.2) is 120 Å². The van der Waals surface area contributed by atoms with E-state index in [9.17, 15) is 0 Å². The zero-order valence-electron chi connectivity index (χ0n) is 19.4. The van der Waals surface area contributed by atoms with Crippen LogP contribution < -0.4 is 0 Å². The van der Waals surface area contributed by atoms with Crippen molar-refractivity contribution in [2.45, 2.75) is 27.7 Å². The number of benzene rings is 3. The molecule has 32 heavy (non-hydrogen) atoms. The van der Waals surface area contributed by atoms with Crippen LogP contribution in [0.2, 0.25) is 0 Å². The molecule has 1 unspecified atom stereocenters. The minimum Gasteiger partial charge on any atom is -0.168 e. The Hall–Kier alpha value is -2.67. The van der Waals surface area contributed by atoms with Crippen molar-refractivity contribution in [1.29, 1.82) is 0 Å². The topological polar surface area (TPSA) is 0 Å². The van der Waals surface area contributed by atoms with E-state index in [0.717, 1.165) is 0 Å². The molecule has 0 saturated heterocycles. The molecule has 0 spiro atoms. The first kappa shape index (κ1) is 24.0. The SMILES string of the molecule is CC1=[C-]C(C)C(C)=C1C.[Ti+2]=[C](c1ccccc1)c1ccccc1.c1ccc2[cH-]ccc2c1. The van der Waals surface area contributed by atoms with E-state index in [4.69, 9.17) is 0 Å². The molecule has 1 heteroatoms. The molecular weight excluding hydrogens is 420 g/mol. The summed E-state index contributed by atoms with van der Waals surface area (Å²) in [5, 5.41) is 2.66. The van der Waals surface area contributed by atoms with Crippen LogP contribution in [-0.4, -0.2) is 3.81 Å². The summed E-state index contributed by atoms with van der Waals surface area (Å²) in [6.07, 6.45) is 3.36. The third-order valence-corrected chi connectivity index (χ3v) is 6.81. The number of hydrogen-bond donors (Lipinski definition) is 0. The summed E-state index contributed by atoms with van der Waals surface area (Å²) in [7, 11) is 0. The summed E-state index contributed by atoms with van der Waals surface area (Å²) >= 11 is 2.16. The third kappa shape index (κ3) is 6.42. The molecule has 0 saturated carbocycles. The van der Waals surface area contributed by atoms with E-state index in [2.05, 4.69) is 145 Å². The Morgan fingerprint density at radius 1 is 0.750 bits per heavy atom. The van der Waals surface area contributed by atoms with Crippen molar-refractivity contribution in [2.24, 2.45) is 5.92 Å². The van der Waals surface area contributed by atoms with Gasteiger partial charge in [-0.3, -0.25) is 6.08 Å². The van der Waals surface area contributed by atoms with Crippen LogP contribution in [0, 0.1) is 12.0 Å². The van der Waals surface area contributed by atoms with Crippen molar-refractivity contribution in [1.82, 2.24) is 0 Å². The van der Waals surface area contributed by atoms with Gasteiger partial charge in [0.2, 0.25) is 0 Å². The van der Waals surface area contributed by atoms with E-state index in [0.29, 0.717) is 5.92 Å². The number of fused-ring (bicyclic) bond motifs is 1. The molecule has 0 N–H and O–H groups in total. The molecule has 1 aliphatic rings. The van der Waals surface area contributed by atoms with Gasteiger partial charge in [0.15, 0.2) is 0 Å². The van der Waals surface area contributed by atoms with Crippen molar-refractivity contribution in [3.8, 4) is 0 Å². The van der Waals surface area contributed by atoms with E-state index in [1.165, 1.54) is 42.4 Å². The van der Waals surface area contributed by atoms with Gasteiger partial charge in [0.1, 0.15) is 0 Å². The van der Waals surface area contributed by atoms with Crippen LogP contribution in [0.4, 0.5) is 0 Å². The van der Waals surface area contributed by atoms with Crippen molar-refractivity contribution in [3.63, 3.8) is 0 Å². The van der Waals surface area contributed by atoms with Crippen molar-refractivity contribution < 1.29 is 20.0 Å². The predicted octanol–water partition coefficient (Wildman–Crippen LogP) is 8.08. The van der Waals surface area contributed by atoms with Gasteiger partial charge in [0.25, 0.3) is 0 Å². The normalized spacial score (nSPS) is 14.8. The molecule has 1 aliphatic carbocycles. The summed E-state index contributed by atoms with van der Waals surface area (Å²) < 4.78 is 1.33. The molecule has 5 rings (SSSR count). The molecule has 1 atom stereocenters. The van der Waals surface area contributed by atoms with Gasteiger partial charge in [0, 0.05) is 0 Å². The van der Waals surface area contributed by atoms with Crippen LogP contribution in [0.3, 0.4) is 0 Å². The zero-order valence-corrected chi connectivity index (χ0v) is 21.0. The van der Waals surface area contributed by atoms with Gasteiger partial charge in [-0.25, -0.2) is 5.57 Å². The van der Waals surface area contributed by atoms with Crippen LogP contribution >= 0.6 is 0 Å². The van der Waals surface area contributed by atoms with Crippen LogP contribution in [0.1, 0.15) is 38.8 Å². The van der Waals surface area contributed by atoms with Gasteiger partial charge < -0.3 is 0 Å². The molecular formula is C31H30Ti. The van der Waals surface area contributed by atoms with Gasteiger partial charge in [-0.05, 0) is 0 Å². The van der Waals surface area contributed by atoms with E-state index < -0.39 is 0 Å². The molecule has 0 aromatic heterocycles. The Kier molecular flexibility index (Phi) is 8.85. The second-order valence-electron chi connectivity index (χ2n) is 8.06. The van der Waals surface area contributed by atoms with Gasteiger partial charge >= 0.3 is 95.6 Å².